The van der Waals surface area contributed by atoms with Crippen LogP contribution >= 0.6 is 0 Å². The summed E-state index contributed by atoms with van der Waals surface area (Å²) >= 11 is 0. The largest absolute Gasteiger partial charge is 0.439 e. The number of ether oxygens (including phenoxy) is 1. The summed E-state index contributed by atoms with van der Waals surface area (Å²) in [6.45, 7) is 3.98. The van der Waals surface area contributed by atoms with Crippen molar-refractivity contribution in [1.82, 2.24) is 14.8 Å². The molecule has 172 valence electrons. The predicted molar refractivity (Wildman–Crippen MR) is 134 cm³/mol. The van der Waals surface area contributed by atoms with Crippen LogP contribution in [-0.4, -0.2) is 23.2 Å². The minimum atomic E-state index is -3.49. The Morgan fingerprint density at radius 1 is 0.800 bits per heavy atom. The maximum atomic E-state index is 13.0. The van der Waals surface area contributed by atoms with Gasteiger partial charge in [-0.3, -0.25) is 0 Å². The van der Waals surface area contributed by atoms with Crippen LogP contribution in [0.3, 0.4) is 0 Å². The first-order valence-electron chi connectivity index (χ1n) is 11.2. The maximum Gasteiger partial charge on any atom is 0.219 e. The van der Waals surface area contributed by atoms with E-state index < -0.39 is 9.84 Å². The van der Waals surface area contributed by atoms with Gasteiger partial charge in [-0.15, -0.1) is 0 Å². The fourth-order valence-electron chi connectivity index (χ4n) is 4.69. The molecule has 0 bridgehead atoms. The second-order valence-electron chi connectivity index (χ2n) is 8.44. The number of benzene rings is 3. The summed E-state index contributed by atoms with van der Waals surface area (Å²) in [6.07, 6.45) is 1.69. The average molecular weight is 480 g/mol. The van der Waals surface area contributed by atoms with Gasteiger partial charge in [-0.25, -0.2) is 18.1 Å². The summed E-state index contributed by atoms with van der Waals surface area (Å²) in [6, 6.07) is 25.9. The van der Waals surface area contributed by atoms with Gasteiger partial charge in [0.1, 0.15) is 5.75 Å². The number of fused-ring (bicyclic) bond motifs is 3. The molecule has 6 rings (SSSR count). The Hall–Kier alpha value is -4.23. The highest BCUT2D eigenvalue weighted by Gasteiger charge is 2.33. The summed E-state index contributed by atoms with van der Waals surface area (Å²) in [5.41, 5.74) is 6.05. The Morgan fingerprint density at radius 2 is 1.60 bits per heavy atom. The van der Waals surface area contributed by atoms with Gasteiger partial charge in [-0.2, -0.15) is 5.10 Å². The molecule has 0 amide bonds. The van der Waals surface area contributed by atoms with E-state index in [1.54, 1.807) is 30.5 Å². The first kappa shape index (κ1) is 21.3. The van der Waals surface area contributed by atoms with Crippen molar-refractivity contribution in [3.63, 3.8) is 0 Å². The predicted octanol–water partition coefficient (Wildman–Crippen LogP) is 6.16. The lowest BCUT2D eigenvalue weighted by molar-refractivity contribution is 0.462. The number of rotatable bonds is 4. The normalized spacial score (nSPS) is 13.3. The molecular formula is C28H21N3O3S. The molecule has 0 radical (unpaired) electrons. The first-order valence-corrected chi connectivity index (χ1v) is 12.7. The molecule has 5 aromatic rings. The highest BCUT2D eigenvalue weighted by atomic mass is 32.2. The highest BCUT2D eigenvalue weighted by Crippen LogP contribution is 2.45. The zero-order chi connectivity index (χ0) is 24.2. The zero-order valence-electron chi connectivity index (χ0n) is 19.1. The zero-order valence-corrected chi connectivity index (χ0v) is 20.0. The molecule has 35 heavy (non-hydrogen) atoms. The molecule has 0 saturated heterocycles. The Labute approximate surface area is 203 Å². The quantitative estimate of drug-likeness (QED) is 0.303. The Kier molecular flexibility index (Phi) is 4.82. The molecule has 1 aliphatic heterocycles. The number of hydrogen-bond acceptors (Lipinski definition) is 5. The minimum Gasteiger partial charge on any atom is -0.439 e. The van der Waals surface area contributed by atoms with Gasteiger partial charge in [0.2, 0.25) is 15.7 Å². The van der Waals surface area contributed by atoms with E-state index in [2.05, 4.69) is 4.98 Å². The van der Waals surface area contributed by atoms with Crippen LogP contribution in [0.15, 0.2) is 101 Å². The summed E-state index contributed by atoms with van der Waals surface area (Å²) in [7, 11) is -3.49. The van der Waals surface area contributed by atoms with Crippen molar-refractivity contribution in [2.24, 2.45) is 0 Å². The van der Waals surface area contributed by atoms with E-state index in [4.69, 9.17) is 9.84 Å². The summed E-state index contributed by atoms with van der Waals surface area (Å²) in [5, 5.41) is 4.80. The molecule has 3 aromatic carbocycles. The molecule has 7 heteroatoms. The third-order valence-corrected chi connectivity index (χ3v) is 8.11. The molecule has 0 N–H and O–H groups in total. The van der Waals surface area contributed by atoms with E-state index in [1.807, 2.05) is 79.2 Å². The van der Waals surface area contributed by atoms with Gasteiger partial charge in [0.15, 0.2) is 0 Å². The first-order chi connectivity index (χ1) is 16.9. The van der Waals surface area contributed by atoms with Crippen LogP contribution < -0.4 is 4.74 Å². The number of aryl methyl sites for hydroxylation is 1. The minimum absolute atomic E-state index is 0.351. The van der Waals surface area contributed by atoms with E-state index in [0.29, 0.717) is 21.4 Å². The van der Waals surface area contributed by atoms with Crippen LogP contribution in [0, 0.1) is 13.8 Å². The third-order valence-electron chi connectivity index (χ3n) is 6.24. The Balaban J connectivity index is 1.42. The van der Waals surface area contributed by atoms with Crippen molar-refractivity contribution in [2.45, 2.75) is 23.6 Å². The SMILES string of the molecule is Cc1nn(-c2cccc(Oc3ccccn3)c2)c(C)c1-c1ccc2c(c1)-c1ccccc1S2(=O)=O. The van der Waals surface area contributed by atoms with Crippen molar-refractivity contribution in [2.75, 3.05) is 0 Å². The van der Waals surface area contributed by atoms with Gasteiger partial charge in [0, 0.05) is 40.7 Å². The van der Waals surface area contributed by atoms with Gasteiger partial charge in [-0.05, 0) is 55.8 Å². The van der Waals surface area contributed by atoms with Gasteiger partial charge < -0.3 is 4.74 Å². The molecule has 0 fully saturated rings. The topological polar surface area (TPSA) is 74.1 Å². The Bertz CT molecular complexity index is 1710. The maximum absolute atomic E-state index is 13.0. The number of nitrogens with zero attached hydrogens (tertiary/aromatic N) is 3. The third kappa shape index (κ3) is 3.43. The van der Waals surface area contributed by atoms with E-state index in [9.17, 15) is 8.42 Å². The van der Waals surface area contributed by atoms with Crippen LogP contribution in [0.4, 0.5) is 0 Å². The molecule has 2 aromatic heterocycles. The molecule has 0 spiro atoms. The standard InChI is InChI=1S/C28H21N3O3S/c1-18-28(20-13-14-26-24(16-20)23-10-3-4-11-25(23)35(26,32)33)19(2)31(30-18)21-8-7-9-22(17-21)34-27-12-5-6-15-29-27/h3-17H,1-2H3. The van der Waals surface area contributed by atoms with Crippen LogP contribution in [0.5, 0.6) is 11.6 Å². The number of hydrogen-bond donors (Lipinski definition) is 0. The average Bonchev–Trinajstić information content (AvgIpc) is 3.29. The second-order valence-corrected chi connectivity index (χ2v) is 10.3. The van der Waals surface area contributed by atoms with Gasteiger partial charge in [-0.1, -0.05) is 36.4 Å². The summed E-state index contributed by atoms with van der Waals surface area (Å²) in [4.78, 5) is 4.93. The molecule has 0 unspecified atom stereocenters. The van der Waals surface area contributed by atoms with E-state index in [-0.39, 0.29) is 0 Å². The van der Waals surface area contributed by atoms with Gasteiger partial charge in [0.25, 0.3) is 0 Å². The van der Waals surface area contributed by atoms with Crippen LogP contribution in [-0.2, 0) is 9.84 Å². The van der Waals surface area contributed by atoms with E-state index in [0.717, 1.165) is 39.3 Å². The van der Waals surface area contributed by atoms with Crippen molar-refractivity contribution in [3.05, 3.63) is 103 Å². The van der Waals surface area contributed by atoms with E-state index in [1.165, 1.54) is 0 Å². The molecular weight excluding hydrogens is 458 g/mol. The molecule has 3 heterocycles. The molecule has 0 atom stereocenters. The monoisotopic (exact) mass is 479 g/mol. The number of sulfone groups is 1. The van der Waals surface area contributed by atoms with E-state index >= 15 is 0 Å². The number of aromatic nitrogens is 3. The van der Waals surface area contributed by atoms with Crippen molar-refractivity contribution < 1.29 is 13.2 Å². The smallest absolute Gasteiger partial charge is 0.219 e. The van der Waals surface area contributed by atoms with Gasteiger partial charge >= 0.3 is 0 Å². The Morgan fingerprint density at radius 3 is 2.43 bits per heavy atom. The summed E-state index contributed by atoms with van der Waals surface area (Å²) < 4.78 is 33.7. The highest BCUT2D eigenvalue weighted by molar-refractivity contribution is 7.92. The van der Waals surface area contributed by atoms with Crippen molar-refractivity contribution in [3.8, 4) is 39.6 Å². The lowest BCUT2D eigenvalue weighted by Crippen LogP contribution is -1.99. The van der Waals surface area contributed by atoms with Crippen LogP contribution in [0.1, 0.15) is 11.4 Å². The lowest BCUT2D eigenvalue weighted by atomic mass is 9.98. The fraction of sp³-hybridized carbons (Fsp3) is 0.0714. The summed E-state index contributed by atoms with van der Waals surface area (Å²) in [5.74, 6) is 1.18. The number of pyridine rings is 1. The molecule has 0 saturated carbocycles. The van der Waals surface area contributed by atoms with Crippen LogP contribution in [0.25, 0.3) is 27.9 Å². The van der Waals surface area contributed by atoms with Gasteiger partial charge in [0.05, 0.1) is 21.2 Å². The second kappa shape index (κ2) is 7.92. The molecule has 1 aliphatic rings. The fourth-order valence-corrected chi connectivity index (χ4v) is 6.36. The van der Waals surface area contributed by atoms with Crippen molar-refractivity contribution >= 4 is 9.84 Å². The molecule has 0 aliphatic carbocycles. The van der Waals surface area contributed by atoms with Crippen molar-refractivity contribution in [1.29, 1.82) is 0 Å². The van der Waals surface area contributed by atoms with Crippen LogP contribution in [0.2, 0.25) is 0 Å². The molecule has 6 nitrogen and oxygen atoms in total. The lowest BCUT2D eigenvalue weighted by Gasteiger charge is -2.09.